The average molecular weight is 302 g/mol. The van der Waals surface area contributed by atoms with Crippen LogP contribution in [0.15, 0.2) is 30.6 Å². The second-order valence-corrected chi connectivity index (χ2v) is 4.65. The van der Waals surface area contributed by atoms with Gasteiger partial charge in [0.1, 0.15) is 17.7 Å². The van der Waals surface area contributed by atoms with Gasteiger partial charge in [-0.3, -0.25) is 0 Å². The van der Waals surface area contributed by atoms with E-state index in [2.05, 4.69) is 4.98 Å². The van der Waals surface area contributed by atoms with Crippen LogP contribution in [0.2, 0.25) is 0 Å². The van der Waals surface area contributed by atoms with Crippen LogP contribution < -0.4 is 0 Å². The van der Waals surface area contributed by atoms with Gasteiger partial charge in [-0.15, -0.1) is 0 Å². The zero-order valence-electron chi connectivity index (χ0n) is 11.2. The first kappa shape index (κ1) is 15.5. The molecule has 1 heterocycles. The van der Waals surface area contributed by atoms with Gasteiger partial charge in [0, 0.05) is 18.9 Å². The SMILES string of the molecule is CCCn1ccnc1C(O)c1cc(F)cc(C(F)(F)F)c1. The molecule has 0 fully saturated rings. The Morgan fingerprint density at radius 3 is 2.62 bits per heavy atom. The maximum absolute atomic E-state index is 13.4. The van der Waals surface area contributed by atoms with Crippen molar-refractivity contribution in [2.24, 2.45) is 0 Å². The van der Waals surface area contributed by atoms with E-state index in [1.54, 1.807) is 10.8 Å². The van der Waals surface area contributed by atoms with Gasteiger partial charge in [-0.1, -0.05) is 6.92 Å². The van der Waals surface area contributed by atoms with Gasteiger partial charge in [0.25, 0.3) is 0 Å². The molecular formula is C14H14F4N2O. The summed E-state index contributed by atoms with van der Waals surface area (Å²) in [5, 5.41) is 10.2. The van der Waals surface area contributed by atoms with Crippen LogP contribution in [0.5, 0.6) is 0 Å². The molecule has 0 saturated carbocycles. The summed E-state index contributed by atoms with van der Waals surface area (Å²) in [5.41, 5.74) is -1.31. The van der Waals surface area contributed by atoms with E-state index >= 15 is 0 Å². The summed E-state index contributed by atoms with van der Waals surface area (Å²) >= 11 is 0. The van der Waals surface area contributed by atoms with Crippen molar-refractivity contribution in [3.05, 3.63) is 53.4 Å². The number of hydrogen-bond donors (Lipinski definition) is 1. The summed E-state index contributed by atoms with van der Waals surface area (Å²) in [4.78, 5) is 3.94. The summed E-state index contributed by atoms with van der Waals surface area (Å²) in [7, 11) is 0. The van der Waals surface area contributed by atoms with Crippen LogP contribution in [0.1, 0.15) is 36.4 Å². The second kappa shape index (κ2) is 5.85. The summed E-state index contributed by atoms with van der Waals surface area (Å²) < 4.78 is 53.1. The number of benzene rings is 1. The van der Waals surface area contributed by atoms with E-state index in [1.807, 2.05) is 6.92 Å². The molecule has 0 spiro atoms. The minimum Gasteiger partial charge on any atom is -0.380 e. The topological polar surface area (TPSA) is 38.0 Å². The number of alkyl halides is 3. The van der Waals surface area contributed by atoms with E-state index < -0.39 is 23.7 Å². The molecule has 2 aromatic rings. The first-order valence-electron chi connectivity index (χ1n) is 6.39. The smallest absolute Gasteiger partial charge is 0.380 e. The molecule has 0 aliphatic rings. The molecular weight excluding hydrogens is 288 g/mol. The molecule has 0 bridgehead atoms. The lowest BCUT2D eigenvalue weighted by Gasteiger charge is -2.15. The molecule has 1 N–H and O–H groups in total. The van der Waals surface area contributed by atoms with Gasteiger partial charge in [-0.05, 0) is 30.2 Å². The molecule has 2 rings (SSSR count). The van der Waals surface area contributed by atoms with E-state index in [0.717, 1.165) is 18.6 Å². The fourth-order valence-corrected chi connectivity index (χ4v) is 2.08. The van der Waals surface area contributed by atoms with Gasteiger partial charge in [0.05, 0.1) is 5.56 Å². The predicted octanol–water partition coefficient (Wildman–Crippen LogP) is 3.53. The van der Waals surface area contributed by atoms with Crippen molar-refractivity contribution < 1.29 is 22.7 Å². The average Bonchev–Trinajstić information content (AvgIpc) is 2.85. The predicted molar refractivity (Wildman–Crippen MR) is 68.0 cm³/mol. The third kappa shape index (κ3) is 3.41. The molecule has 3 nitrogen and oxygen atoms in total. The van der Waals surface area contributed by atoms with Crippen LogP contribution in [0.25, 0.3) is 0 Å². The van der Waals surface area contributed by atoms with Crippen molar-refractivity contribution in [2.75, 3.05) is 0 Å². The molecule has 21 heavy (non-hydrogen) atoms. The Bertz CT molecular complexity index is 622. The van der Waals surface area contributed by atoms with Gasteiger partial charge in [0.2, 0.25) is 0 Å². The lowest BCUT2D eigenvalue weighted by atomic mass is 10.0. The molecule has 0 amide bonds. The zero-order chi connectivity index (χ0) is 15.6. The van der Waals surface area contributed by atoms with Gasteiger partial charge >= 0.3 is 6.18 Å². The highest BCUT2D eigenvalue weighted by Crippen LogP contribution is 2.32. The third-order valence-electron chi connectivity index (χ3n) is 3.02. The molecule has 1 unspecified atom stereocenters. The molecule has 1 aromatic carbocycles. The van der Waals surface area contributed by atoms with E-state index in [4.69, 9.17) is 0 Å². The van der Waals surface area contributed by atoms with E-state index in [0.29, 0.717) is 12.6 Å². The number of aliphatic hydroxyl groups excluding tert-OH is 1. The highest BCUT2D eigenvalue weighted by molar-refractivity contribution is 5.31. The van der Waals surface area contributed by atoms with Crippen LogP contribution in [-0.4, -0.2) is 14.7 Å². The Labute approximate surface area is 118 Å². The first-order chi connectivity index (χ1) is 9.82. The highest BCUT2D eigenvalue weighted by Gasteiger charge is 2.32. The summed E-state index contributed by atoms with van der Waals surface area (Å²) in [6.07, 6.45) is -2.25. The molecule has 0 saturated heterocycles. The Morgan fingerprint density at radius 2 is 2.00 bits per heavy atom. The zero-order valence-corrected chi connectivity index (χ0v) is 11.2. The Morgan fingerprint density at radius 1 is 1.29 bits per heavy atom. The van der Waals surface area contributed by atoms with E-state index in [9.17, 15) is 22.7 Å². The van der Waals surface area contributed by atoms with Gasteiger partial charge in [-0.2, -0.15) is 13.2 Å². The highest BCUT2D eigenvalue weighted by atomic mass is 19.4. The fourth-order valence-electron chi connectivity index (χ4n) is 2.08. The van der Waals surface area contributed by atoms with Crippen molar-refractivity contribution >= 4 is 0 Å². The van der Waals surface area contributed by atoms with Crippen molar-refractivity contribution in [1.29, 1.82) is 0 Å². The van der Waals surface area contributed by atoms with E-state index in [1.165, 1.54) is 6.20 Å². The molecule has 7 heteroatoms. The monoisotopic (exact) mass is 302 g/mol. The Balaban J connectivity index is 2.41. The van der Waals surface area contributed by atoms with Crippen LogP contribution in [-0.2, 0) is 12.7 Å². The minimum atomic E-state index is -4.67. The van der Waals surface area contributed by atoms with Crippen molar-refractivity contribution in [3.63, 3.8) is 0 Å². The number of rotatable bonds is 4. The summed E-state index contributed by atoms with van der Waals surface area (Å²) in [5.74, 6) is -0.858. The summed E-state index contributed by atoms with van der Waals surface area (Å²) in [6, 6.07) is 2.01. The molecule has 114 valence electrons. The maximum Gasteiger partial charge on any atom is 0.416 e. The fraction of sp³-hybridized carbons (Fsp3) is 0.357. The summed E-state index contributed by atoms with van der Waals surface area (Å²) in [6.45, 7) is 2.48. The molecule has 0 aliphatic heterocycles. The molecule has 0 aliphatic carbocycles. The molecule has 0 radical (unpaired) electrons. The number of hydrogen-bond acceptors (Lipinski definition) is 2. The lowest BCUT2D eigenvalue weighted by Crippen LogP contribution is -2.12. The number of aromatic nitrogens is 2. The largest absolute Gasteiger partial charge is 0.416 e. The van der Waals surface area contributed by atoms with Gasteiger partial charge in [0.15, 0.2) is 0 Å². The molecule has 1 aromatic heterocycles. The van der Waals surface area contributed by atoms with Crippen molar-refractivity contribution in [3.8, 4) is 0 Å². The van der Waals surface area contributed by atoms with Gasteiger partial charge < -0.3 is 9.67 Å². The lowest BCUT2D eigenvalue weighted by molar-refractivity contribution is -0.137. The number of aliphatic hydroxyl groups is 1. The third-order valence-corrected chi connectivity index (χ3v) is 3.02. The first-order valence-corrected chi connectivity index (χ1v) is 6.39. The van der Waals surface area contributed by atoms with Crippen molar-refractivity contribution in [1.82, 2.24) is 9.55 Å². The van der Waals surface area contributed by atoms with Crippen LogP contribution in [0, 0.1) is 5.82 Å². The second-order valence-electron chi connectivity index (χ2n) is 4.65. The van der Waals surface area contributed by atoms with Gasteiger partial charge in [-0.25, -0.2) is 9.37 Å². The maximum atomic E-state index is 13.4. The normalized spacial score (nSPS) is 13.4. The molecule has 1 atom stereocenters. The van der Waals surface area contributed by atoms with Crippen LogP contribution in [0.4, 0.5) is 17.6 Å². The van der Waals surface area contributed by atoms with Crippen LogP contribution >= 0.6 is 0 Å². The van der Waals surface area contributed by atoms with Crippen LogP contribution in [0.3, 0.4) is 0 Å². The minimum absolute atomic E-state index is 0.175. The number of halogens is 4. The standard InChI is InChI=1S/C14H14F4N2O/c1-2-4-20-5-3-19-13(20)12(21)9-6-10(14(16,17)18)8-11(15)7-9/h3,5-8,12,21H,2,4H2,1H3. The van der Waals surface area contributed by atoms with Crippen molar-refractivity contribution in [2.45, 2.75) is 32.2 Å². The quantitative estimate of drug-likeness (QED) is 0.877. The Kier molecular flexibility index (Phi) is 4.32. The number of imidazole rings is 1. The number of nitrogens with zero attached hydrogens (tertiary/aromatic N) is 2. The number of aryl methyl sites for hydroxylation is 1. The Hall–Kier alpha value is -1.89. The van der Waals surface area contributed by atoms with E-state index in [-0.39, 0.29) is 11.4 Å².